The van der Waals surface area contributed by atoms with E-state index >= 15 is 0 Å². The van der Waals surface area contributed by atoms with Gasteiger partial charge >= 0.3 is 0 Å². The van der Waals surface area contributed by atoms with E-state index in [0.717, 1.165) is 56.2 Å². The highest BCUT2D eigenvalue weighted by Crippen LogP contribution is 2.31. The molecular weight excluding hydrogens is 488 g/mol. The molecule has 0 spiro atoms. The van der Waals surface area contributed by atoms with Gasteiger partial charge in [-0.15, -0.1) is 0 Å². The molecule has 0 unspecified atom stereocenters. The molecule has 188 valence electrons. The predicted octanol–water partition coefficient (Wildman–Crippen LogP) is 8.60. The summed E-state index contributed by atoms with van der Waals surface area (Å²) in [6, 6.07) is 44.7. The van der Waals surface area contributed by atoms with Crippen LogP contribution >= 0.6 is 0 Å². The summed E-state index contributed by atoms with van der Waals surface area (Å²) in [6.07, 6.45) is 5.47. The first kappa shape index (κ1) is 24.7. The molecule has 0 N–H and O–H groups in total. The molecule has 0 aliphatic heterocycles. The van der Waals surface area contributed by atoms with Crippen molar-refractivity contribution in [2.75, 3.05) is 0 Å². The maximum Gasteiger partial charge on any atom is 0.0998 e. The molecule has 4 nitrogen and oxygen atoms in total. The molecule has 6 rings (SSSR count). The Hall–Kier alpha value is -5.66. The van der Waals surface area contributed by atoms with Gasteiger partial charge in [-0.05, 0) is 75.9 Å². The smallest absolute Gasteiger partial charge is 0.0998 e. The normalized spacial score (nSPS) is 11.1. The van der Waals surface area contributed by atoms with Crippen molar-refractivity contribution in [3.63, 3.8) is 0 Å². The van der Waals surface area contributed by atoms with Gasteiger partial charge in [-0.3, -0.25) is 9.97 Å². The highest BCUT2D eigenvalue weighted by molar-refractivity contribution is 5.90. The number of hydrogen-bond acceptors (Lipinski definition) is 4. The van der Waals surface area contributed by atoms with Crippen LogP contribution in [0.3, 0.4) is 0 Å². The van der Waals surface area contributed by atoms with Crippen molar-refractivity contribution in [3.05, 3.63) is 151 Å². The second-order valence-electron chi connectivity index (χ2n) is 9.29. The van der Waals surface area contributed by atoms with Crippen LogP contribution in [0.25, 0.3) is 56.7 Å². The van der Waals surface area contributed by atoms with Gasteiger partial charge in [0.05, 0.1) is 34.4 Å². The number of aromatic nitrogens is 3. The van der Waals surface area contributed by atoms with E-state index in [0.29, 0.717) is 5.57 Å². The molecule has 0 amide bonds. The first-order valence-corrected chi connectivity index (χ1v) is 13.0. The lowest BCUT2D eigenvalue weighted by atomic mass is 9.97. The van der Waals surface area contributed by atoms with Gasteiger partial charge < -0.3 is 0 Å². The van der Waals surface area contributed by atoms with E-state index in [1.165, 1.54) is 0 Å². The second kappa shape index (κ2) is 11.4. The molecule has 3 aromatic carbocycles. The summed E-state index contributed by atoms with van der Waals surface area (Å²) in [5, 5.41) is 9.72. The van der Waals surface area contributed by atoms with Crippen LogP contribution in [-0.2, 0) is 0 Å². The zero-order chi connectivity index (χ0) is 27.1. The first-order valence-electron chi connectivity index (χ1n) is 13.0. The minimum absolute atomic E-state index is 0.637. The standard InChI is InChI=1S/C36H24N4/c37-25-32(22-26-8-2-1-3-9-26)30-18-14-28(15-19-30)27-12-16-29(17-13-27)31-23-35(33-10-4-6-20-38-33)40-36(24-31)34-11-5-7-21-39-34/h1-24H/b32-22+. The third kappa shape index (κ3) is 5.45. The molecule has 6 aromatic rings. The van der Waals surface area contributed by atoms with Crippen LogP contribution < -0.4 is 0 Å². The van der Waals surface area contributed by atoms with Crippen LogP contribution in [0.4, 0.5) is 0 Å². The fraction of sp³-hybridized carbons (Fsp3) is 0. The molecule has 0 atom stereocenters. The monoisotopic (exact) mass is 512 g/mol. The van der Waals surface area contributed by atoms with Gasteiger partial charge in [0.1, 0.15) is 0 Å². The number of allylic oxidation sites excluding steroid dienone is 1. The van der Waals surface area contributed by atoms with E-state index in [4.69, 9.17) is 4.98 Å². The lowest BCUT2D eigenvalue weighted by molar-refractivity contribution is 1.22. The minimum atomic E-state index is 0.637. The van der Waals surface area contributed by atoms with Crippen LogP contribution in [0, 0.1) is 11.3 Å². The van der Waals surface area contributed by atoms with E-state index in [9.17, 15) is 5.26 Å². The molecule has 0 radical (unpaired) electrons. The quantitative estimate of drug-likeness (QED) is 0.166. The average molecular weight is 513 g/mol. The van der Waals surface area contributed by atoms with Gasteiger partial charge in [0.2, 0.25) is 0 Å². The topological polar surface area (TPSA) is 62.5 Å². The Bertz CT molecular complexity index is 1750. The summed E-state index contributed by atoms with van der Waals surface area (Å²) < 4.78 is 0. The predicted molar refractivity (Wildman–Crippen MR) is 161 cm³/mol. The molecule has 0 saturated carbocycles. The highest BCUT2D eigenvalue weighted by atomic mass is 14.8. The van der Waals surface area contributed by atoms with E-state index in [2.05, 4.69) is 64.6 Å². The van der Waals surface area contributed by atoms with Crippen molar-refractivity contribution >= 4 is 11.6 Å². The molecule has 0 saturated heterocycles. The Labute approximate surface area is 233 Å². The average Bonchev–Trinajstić information content (AvgIpc) is 3.05. The number of rotatable bonds is 6. The van der Waals surface area contributed by atoms with Gasteiger partial charge in [0, 0.05) is 12.4 Å². The van der Waals surface area contributed by atoms with Gasteiger partial charge in [-0.1, -0.05) is 91.0 Å². The van der Waals surface area contributed by atoms with Crippen molar-refractivity contribution in [1.82, 2.24) is 15.0 Å². The first-order chi connectivity index (χ1) is 19.8. The van der Waals surface area contributed by atoms with Crippen molar-refractivity contribution in [2.45, 2.75) is 0 Å². The Morgan fingerprint density at radius 3 is 1.52 bits per heavy atom. The van der Waals surface area contributed by atoms with Crippen LogP contribution in [0.2, 0.25) is 0 Å². The number of pyridine rings is 3. The van der Waals surface area contributed by atoms with Crippen LogP contribution in [0.1, 0.15) is 11.1 Å². The minimum Gasteiger partial charge on any atom is -0.255 e. The van der Waals surface area contributed by atoms with Gasteiger partial charge in [0.25, 0.3) is 0 Å². The zero-order valence-electron chi connectivity index (χ0n) is 21.6. The van der Waals surface area contributed by atoms with Crippen LogP contribution in [-0.4, -0.2) is 15.0 Å². The SMILES string of the molecule is N#C/C(=C\c1ccccc1)c1ccc(-c2ccc(-c3cc(-c4ccccn4)nc(-c4ccccn4)c3)cc2)cc1. The Morgan fingerprint density at radius 2 is 1.02 bits per heavy atom. The van der Waals surface area contributed by atoms with E-state index < -0.39 is 0 Å². The summed E-state index contributed by atoms with van der Waals surface area (Å²) in [4.78, 5) is 13.9. The molecule has 40 heavy (non-hydrogen) atoms. The number of nitrogens with zero attached hydrogens (tertiary/aromatic N) is 4. The lowest BCUT2D eigenvalue weighted by Gasteiger charge is -2.10. The number of hydrogen-bond donors (Lipinski definition) is 0. The summed E-state index contributed by atoms with van der Waals surface area (Å²) in [6.45, 7) is 0. The molecule has 3 heterocycles. The number of nitriles is 1. The Balaban J connectivity index is 1.31. The van der Waals surface area contributed by atoms with Crippen molar-refractivity contribution in [3.8, 4) is 51.1 Å². The second-order valence-corrected chi connectivity index (χ2v) is 9.29. The lowest BCUT2D eigenvalue weighted by Crippen LogP contribution is -1.93. The fourth-order valence-corrected chi connectivity index (χ4v) is 4.58. The summed E-state index contributed by atoms with van der Waals surface area (Å²) >= 11 is 0. The third-order valence-electron chi connectivity index (χ3n) is 6.66. The fourth-order valence-electron chi connectivity index (χ4n) is 4.58. The number of benzene rings is 3. The highest BCUT2D eigenvalue weighted by Gasteiger charge is 2.11. The molecule has 0 aliphatic carbocycles. The summed E-state index contributed by atoms with van der Waals surface area (Å²) in [5.41, 5.74) is 10.1. The molecule has 0 fully saturated rings. The van der Waals surface area contributed by atoms with Gasteiger partial charge in [-0.25, -0.2) is 4.98 Å². The van der Waals surface area contributed by atoms with Crippen molar-refractivity contribution in [1.29, 1.82) is 5.26 Å². The van der Waals surface area contributed by atoms with E-state index in [1.54, 1.807) is 12.4 Å². The molecule has 3 aromatic heterocycles. The maximum atomic E-state index is 9.72. The van der Waals surface area contributed by atoms with Crippen molar-refractivity contribution < 1.29 is 0 Å². The van der Waals surface area contributed by atoms with Gasteiger partial charge in [0.15, 0.2) is 0 Å². The largest absolute Gasteiger partial charge is 0.255 e. The zero-order valence-corrected chi connectivity index (χ0v) is 21.6. The van der Waals surface area contributed by atoms with Crippen molar-refractivity contribution in [2.24, 2.45) is 0 Å². The molecule has 0 aliphatic rings. The van der Waals surface area contributed by atoms with Crippen LogP contribution in [0.15, 0.2) is 140 Å². The van der Waals surface area contributed by atoms with Gasteiger partial charge in [-0.2, -0.15) is 5.26 Å². The summed E-state index contributed by atoms with van der Waals surface area (Å²) in [5.74, 6) is 0. The molecule has 4 heteroatoms. The van der Waals surface area contributed by atoms with E-state index in [-0.39, 0.29) is 0 Å². The third-order valence-corrected chi connectivity index (χ3v) is 6.66. The Kier molecular flexibility index (Phi) is 7.02. The van der Waals surface area contributed by atoms with E-state index in [1.807, 2.05) is 84.9 Å². The molecule has 0 bridgehead atoms. The Morgan fingerprint density at radius 1 is 0.525 bits per heavy atom. The van der Waals surface area contributed by atoms with Crippen LogP contribution in [0.5, 0.6) is 0 Å². The summed E-state index contributed by atoms with van der Waals surface area (Å²) in [7, 11) is 0. The molecular formula is C36H24N4. The maximum absolute atomic E-state index is 9.72.